The molecule has 1 aliphatic rings. The maximum absolute atomic E-state index is 12.2. The summed E-state index contributed by atoms with van der Waals surface area (Å²) in [4.78, 5) is 24.4. The minimum atomic E-state index is -1.12. The van der Waals surface area contributed by atoms with Gasteiger partial charge in [-0.05, 0) is 27.7 Å². The van der Waals surface area contributed by atoms with Crippen molar-refractivity contribution in [1.82, 2.24) is 0 Å². The Morgan fingerprint density at radius 2 is 1.42 bits per heavy atom. The Kier molecular flexibility index (Phi) is 6.40. The van der Waals surface area contributed by atoms with Crippen LogP contribution < -0.4 is 0 Å². The molecule has 24 heavy (non-hydrogen) atoms. The summed E-state index contributed by atoms with van der Waals surface area (Å²) >= 11 is 0. The lowest BCUT2D eigenvalue weighted by Gasteiger charge is -2.18. The summed E-state index contributed by atoms with van der Waals surface area (Å²) in [6.07, 6.45) is -2.43. The van der Waals surface area contributed by atoms with Crippen LogP contribution in [0.4, 0.5) is 0 Å². The molecule has 0 unspecified atom stereocenters. The molecule has 0 amide bonds. The van der Waals surface area contributed by atoms with Crippen molar-refractivity contribution >= 4 is 19.1 Å². The monoisotopic (exact) mass is 334 g/mol. The van der Waals surface area contributed by atoms with E-state index in [4.69, 9.17) is 18.8 Å². The number of ether oxygens (including phenoxy) is 2. The van der Waals surface area contributed by atoms with Crippen molar-refractivity contribution in [3.63, 3.8) is 0 Å². The molecular formula is C17H23BO6. The van der Waals surface area contributed by atoms with Gasteiger partial charge >= 0.3 is 19.1 Å². The van der Waals surface area contributed by atoms with Crippen molar-refractivity contribution in [1.29, 1.82) is 0 Å². The molecular weight excluding hydrogens is 311 g/mol. The van der Waals surface area contributed by atoms with Crippen LogP contribution in [0.5, 0.6) is 0 Å². The third-order valence-corrected chi connectivity index (χ3v) is 3.29. The van der Waals surface area contributed by atoms with Gasteiger partial charge in [-0.25, -0.2) is 9.59 Å². The molecule has 1 aromatic carbocycles. The number of hydrogen-bond acceptors (Lipinski definition) is 6. The maximum atomic E-state index is 12.2. The van der Waals surface area contributed by atoms with Gasteiger partial charge in [0.2, 0.25) is 0 Å². The Labute approximate surface area is 142 Å². The van der Waals surface area contributed by atoms with Gasteiger partial charge < -0.3 is 18.8 Å². The lowest BCUT2D eigenvalue weighted by Crippen LogP contribution is -2.40. The minimum absolute atomic E-state index is 0.309. The Balaban J connectivity index is 2.09. The quantitative estimate of drug-likeness (QED) is 0.585. The zero-order chi connectivity index (χ0) is 17.7. The van der Waals surface area contributed by atoms with E-state index in [0.717, 1.165) is 5.56 Å². The molecule has 1 heterocycles. The van der Waals surface area contributed by atoms with Crippen molar-refractivity contribution in [3.8, 4) is 0 Å². The lowest BCUT2D eigenvalue weighted by atomic mass is 9.81. The van der Waals surface area contributed by atoms with Crippen LogP contribution in [-0.2, 0) is 34.7 Å². The summed E-state index contributed by atoms with van der Waals surface area (Å²) in [5, 5.41) is 0. The van der Waals surface area contributed by atoms with Gasteiger partial charge in [-0.1, -0.05) is 35.9 Å². The first kappa shape index (κ1) is 18.5. The Hall–Kier alpha value is -1.86. The first-order valence-corrected chi connectivity index (χ1v) is 8.12. The zero-order valence-corrected chi connectivity index (χ0v) is 14.4. The topological polar surface area (TPSA) is 71.1 Å². The third kappa shape index (κ3) is 5.07. The average Bonchev–Trinajstić information content (AvgIpc) is 2.91. The second-order valence-electron chi connectivity index (χ2n) is 6.20. The van der Waals surface area contributed by atoms with E-state index < -0.39 is 31.3 Å². The molecule has 0 aliphatic carbocycles. The number of carbonyl (C=O) groups excluding carboxylic acids is 2. The lowest BCUT2D eigenvalue weighted by molar-refractivity contribution is -0.167. The van der Waals surface area contributed by atoms with E-state index in [1.54, 1.807) is 27.7 Å². The number of hydrogen-bond donors (Lipinski definition) is 0. The first-order chi connectivity index (χ1) is 11.4. The summed E-state index contributed by atoms with van der Waals surface area (Å²) in [6.45, 7) is 6.93. The van der Waals surface area contributed by atoms with Crippen molar-refractivity contribution in [2.75, 3.05) is 0 Å². The molecule has 0 bridgehead atoms. The molecule has 1 aromatic rings. The van der Waals surface area contributed by atoms with E-state index in [2.05, 4.69) is 0 Å². The van der Waals surface area contributed by atoms with Gasteiger partial charge in [-0.15, -0.1) is 0 Å². The Morgan fingerprint density at radius 3 is 1.83 bits per heavy atom. The first-order valence-electron chi connectivity index (χ1n) is 8.12. The molecule has 0 N–H and O–H groups in total. The molecule has 1 fully saturated rings. The van der Waals surface area contributed by atoms with Crippen LogP contribution in [0.2, 0.25) is 0 Å². The van der Waals surface area contributed by atoms with Gasteiger partial charge in [-0.2, -0.15) is 0 Å². The zero-order valence-electron chi connectivity index (χ0n) is 14.4. The van der Waals surface area contributed by atoms with Gasteiger partial charge in [0, 0.05) is 6.32 Å². The van der Waals surface area contributed by atoms with E-state index in [0.29, 0.717) is 6.32 Å². The molecule has 2 atom stereocenters. The highest BCUT2D eigenvalue weighted by atomic mass is 16.7. The summed E-state index contributed by atoms with van der Waals surface area (Å²) < 4.78 is 21.6. The highest BCUT2D eigenvalue weighted by Gasteiger charge is 2.49. The predicted octanol–water partition coefficient (Wildman–Crippen LogP) is 1.94. The van der Waals surface area contributed by atoms with E-state index in [9.17, 15) is 9.59 Å². The van der Waals surface area contributed by atoms with Crippen LogP contribution in [-0.4, -0.2) is 43.5 Å². The number of esters is 2. The van der Waals surface area contributed by atoms with Gasteiger partial charge in [0.1, 0.15) is 0 Å². The number of carbonyl (C=O) groups is 2. The maximum Gasteiger partial charge on any atom is 0.462 e. The van der Waals surface area contributed by atoms with E-state index in [1.165, 1.54) is 0 Å². The van der Waals surface area contributed by atoms with Gasteiger partial charge in [0.25, 0.3) is 0 Å². The molecule has 2 rings (SSSR count). The highest BCUT2D eigenvalue weighted by molar-refractivity contribution is 6.45. The van der Waals surface area contributed by atoms with E-state index >= 15 is 0 Å². The molecule has 7 heteroatoms. The molecule has 6 nitrogen and oxygen atoms in total. The fraction of sp³-hybridized carbons (Fsp3) is 0.529. The SMILES string of the molecule is CC(C)OC(=O)[C@@H]1OB(Cc2ccccc2)O[C@H]1C(=O)OC(C)C. The second-order valence-corrected chi connectivity index (χ2v) is 6.20. The van der Waals surface area contributed by atoms with Crippen LogP contribution in [0.25, 0.3) is 0 Å². The van der Waals surface area contributed by atoms with Gasteiger partial charge in [0.05, 0.1) is 12.2 Å². The highest BCUT2D eigenvalue weighted by Crippen LogP contribution is 2.23. The number of rotatable bonds is 6. The van der Waals surface area contributed by atoms with Crippen molar-refractivity contribution in [2.45, 2.75) is 58.4 Å². The standard InChI is InChI=1S/C17H23BO6/c1-11(2)21-16(19)14-15(17(20)22-12(3)4)24-18(23-14)10-13-8-6-5-7-9-13/h5-9,11-12,14-15H,10H2,1-4H3/t14-,15-/m1/s1. The normalized spacial score (nSPS) is 20.5. The van der Waals surface area contributed by atoms with Crippen LogP contribution in [0.1, 0.15) is 33.3 Å². The van der Waals surface area contributed by atoms with Crippen LogP contribution >= 0.6 is 0 Å². The molecule has 0 radical (unpaired) electrons. The smallest absolute Gasteiger partial charge is 0.461 e. The molecule has 1 aliphatic heterocycles. The molecule has 0 saturated carbocycles. The van der Waals surface area contributed by atoms with Crippen molar-refractivity contribution in [3.05, 3.63) is 35.9 Å². The van der Waals surface area contributed by atoms with Crippen molar-refractivity contribution < 1.29 is 28.4 Å². The molecule has 0 spiro atoms. The van der Waals surface area contributed by atoms with E-state index in [-0.39, 0.29) is 12.2 Å². The van der Waals surface area contributed by atoms with E-state index in [1.807, 2.05) is 30.3 Å². The minimum Gasteiger partial charge on any atom is -0.461 e. The summed E-state index contributed by atoms with van der Waals surface area (Å²) in [5.74, 6) is -1.24. The number of benzene rings is 1. The molecule has 130 valence electrons. The van der Waals surface area contributed by atoms with Crippen LogP contribution in [0.15, 0.2) is 30.3 Å². The second kappa shape index (κ2) is 8.30. The molecule has 0 aromatic heterocycles. The summed E-state index contributed by atoms with van der Waals surface area (Å²) in [5.41, 5.74) is 0.983. The fourth-order valence-electron chi connectivity index (χ4n) is 2.36. The largest absolute Gasteiger partial charge is 0.462 e. The Morgan fingerprint density at radius 1 is 0.958 bits per heavy atom. The van der Waals surface area contributed by atoms with Gasteiger partial charge in [0.15, 0.2) is 12.2 Å². The average molecular weight is 334 g/mol. The third-order valence-electron chi connectivity index (χ3n) is 3.29. The predicted molar refractivity (Wildman–Crippen MR) is 88.1 cm³/mol. The van der Waals surface area contributed by atoms with Crippen LogP contribution in [0, 0.1) is 0 Å². The van der Waals surface area contributed by atoms with Crippen LogP contribution in [0.3, 0.4) is 0 Å². The summed E-state index contributed by atoms with van der Waals surface area (Å²) in [7, 11) is -0.707. The van der Waals surface area contributed by atoms with Crippen molar-refractivity contribution in [2.24, 2.45) is 0 Å². The molecule has 1 saturated heterocycles. The fourth-order valence-corrected chi connectivity index (χ4v) is 2.36. The van der Waals surface area contributed by atoms with Gasteiger partial charge in [-0.3, -0.25) is 0 Å². The summed E-state index contributed by atoms with van der Waals surface area (Å²) in [6, 6.07) is 9.56. The Bertz CT molecular complexity index is 529.